The number of benzene rings is 1. The first-order valence-corrected chi connectivity index (χ1v) is 4.72. The molecule has 0 fully saturated rings. The molecule has 0 bridgehead atoms. The summed E-state index contributed by atoms with van der Waals surface area (Å²) in [4.78, 5) is 4.58. The SMILES string of the molecule is C=CCC[C@](C)(OO)c1ccccc1. The second kappa shape index (κ2) is 4.94. The van der Waals surface area contributed by atoms with Gasteiger partial charge in [-0.15, -0.1) is 6.58 Å². The van der Waals surface area contributed by atoms with Crippen LogP contribution in [-0.4, -0.2) is 5.26 Å². The van der Waals surface area contributed by atoms with Crippen LogP contribution < -0.4 is 0 Å². The van der Waals surface area contributed by atoms with Crippen molar-refractivity contribution in [2.75, 3.05) is 0 Å². The molecule has 0 unspecified atom stereocenters. The van der Waals surface area contributed by atoms with Crippen LogP contribution in [0.4, 0.5) is 0 Å². The van der Waals surface area contributed by atoms with Crippen LogP contribution in [0.5, 0.6) is 0 Å². The molecule has 1 N–H and O–H groups in total. The lowest BCUT2D eigenvalue weighted by molar-refractivity contribution is -0.325. The van der Waals surface area contributed by atoms with E-state index in [0.717, 1.165) is 18.4 Å². The molecule has 0 radical (unpaired) electrons. The highest BCUT2D eigenvalue weighted by Gasteiger charge is 2.26. The molecule has 0 saturated heterocycles. The second-order valence-corrected chi connectivity index (χ2v) is 3.52. The van der Waals surface area contributed by atoms with Crippen LogP contribution in [0.25, 0.3) is 0 Å². The van der Waals surface area contributed by atoms with E-state index in [-0.39, 0.29) is 0 Å². The van der Waals surface area contributed by atoms with Crippen molar-refractivity contribution in [3.8, 4) is 0 Å². The predicted octanol–water partition coefficient (Wildman–Crippen LogP) is 3.36. The quantitative estimate of drug-likeness (QED) is 0.440. The van der Waals surface area contributed by atoms with Crippen molar-refractivity contribution >= 4 is 0 Å². The molecule has 2 heteroatoms. The second-order valence-electron chi connectivity index (χ2n) is 3.52. The Labute approximate surface area is 84.8 Å². The Kier molecular flexibility index (Phi) is 3.86. The van der Waals surface area contributed by atoms with Crippen LogP contribution in [0.1, 0.15) is 25.3 Å². The van der Waals surface area contributed by atoms with Gasteiger partial charge in [-0.1, -0.05) is 36.4 Å². The maximum absolute atomic E-state index is 8.93. The molecule has 1 rings (SSSR count). The normalized spacial score (nSPS) is 14.7. The maximum Gasteiger partial charge on any atom is 0.126 e. The molecule has 0 heterocycles. The summed E-state index contributed by atoms with van der Waals surface area (Å²) in [6, 6.07) is 9.69. The lowest BCUT2D eigenvalue weighted by Gasteiger charge is -2.25. The minimum atomic E-state index is -0.630. The van der Waals surface area contributed by atoms with E-state index in [9.17, 15) is 0 Å². The maximum atomic E-state index is 8.93. The zero-order chi connectivity index (χ0) is 10.4. The zero-order valence-corrected chi connectivity index (χ0v) is 8.44. The van der Waals surface area contributed by atoms with E-state index in [2.05, 4.69) is 11.5 Å². The summed E-state index contributed by atoms with van der Waals surface area (Å²) in [6.07, 6.45) is 3.35. The van der Waals surface area contributed by atoms with E-state index >= 15 is 0 Å². The molecule has 2 nitrogen and oxygen atoms in total. The van der Waals surface area contributed by atoms with Gasteiger partial charge in [0.25, 0.3) is 0 Å². The highest BCUT2D eigenvalue weighted by Crippen LogP contribution is 2.29. The molecule has 1 aromatic carbocycles. The van der Waals surface area contributed by atoms with Gasteiger partial charge in [-0.05, 0) is 25.3 Å². The summed E-state index contributed by atoms with van der Waals surface area (Å²) >= 11 is 0. The molecule has 0 aromatic heterocycles. The van der Waals surface area contributed by atoms with Crippen molar-refractivity contribution < 1.29 is 10.1 Å². The number of allylic oxidation sites excluding steroid dienone is 1. The van der Waals surface area contributed by atoms with Crippen LogP contribution in [0.2, 0.25) is 0 Å². The van der Waals surface area contributed by atoms with Gasteiger partial charge in [-0.2, -0.15) is 0 Å². The molecule has 0 aliphatic heterocycles. The topological polar surface area (TPSA) is 29.5 Å². The van der Waals surface area contributed by atoms with Crippen molar-refractivity contribution in [3.63, 3.8) is 0 Å². The number of hydrogen-bond donors (Lipinski definition) is 1. The summed E-state index contributed by atoms with van der Waals surface area (Å²) in [7, 11) is 0. The Morgan fingerprint density at radius 2 is 2.07 bits per heavy atom. The largest absolute Gasteiger partial charge is 0.251 e. The van der Waals surface area contributed by atoms with Crippen molar-refractivity contribution in [1.29, 1.82) is 0 Å². The fourth-order valence-electron chi connectivity index (χ4n) is 1.41. The van der Waals surface area contributed by atoms with Gasteiger partial charge in [0.2, 0.25) is 0 Å². The molecule has 76 valence electrons. The molecule has 0 aliphatic rings. The predicted molar refractivity (Wildman–Crippen MR) is 56.9 cm³/mol. The van der Waals surface area contributed by atoms with Gasteiger partial charge < -0.3 is 0 Å². The van der Waals surface area contributed by atoms with E-state index in [0.29, 0.717) is 0 Å². The lowest BCUT2D eigenvalue weighted by atomic mass is 9.91. The third-order valence-corrected chi connectivity index (χ3v) is 2.41. The van der Waals surface area contributed by atoms with Gasteiger partial charge >= 0.3 is 0 Å². The molecule has 1 aromatic rings. The van der Waals surface area contributed by atoms with Crippen molar-refractivity contribution in [1.82, 2.24) is 0 Å². The summed E-state index contributed by atoms with van der Waals surface area (Å²) in [6.45, 7) is 5.52. The zero-order valence-electron chi connectivity index (χ0n) is 8.44. The van der Waals surface area contributed by atoms with Gasteiger partial charge in [0.1, 0.15) is 5.60 Å². The van der Waals surface area contributed by atoms with Crippen LogP contribution in [0.15, 0.2) is 43.0 Å². The summed E-state index contributed by atoms with van der Waals surface area (Å²) in [5.74, 6) is 0. The molecule has 14 heavy (non-hydrogen) atoms. The average molecular weight is 192 g/mol. The minimum Gasteiger partial charge on any atom is -0.251 e. The molecular weight excluding hydrogens is 176 g/mol. The summed E-state index contributed by atoms with van der Waals surface area (Å²) in [5.41, 5.74) is 0.347. The van der Waals surface area contributed by atoms with Crippen LogP contribution in [0, 0.1) is 0 Å². The fourth-order valence-corrected chi connectivity index (χ4v) is 1.41. The Morgan fingerprint density at radius 1 is 1.43 bits per heavy atom. The van der Waals surface area contributed by atoms with Gasteiger partial charge in [-0.3, -0.25) is 5.26 Å². The van der Waals surface area contributed by atoms with Crippen molar-refractivity contribution in [3.05, 3.63) is 48.6 Å². The Balaban J connectivity index is 2.84. The van der Waals surface area contributed by atoms with E-state index in [1.807, 2.05) is 43.3 Å². The summed E-state index contributed by atoms with van der Waals surface area (Å²) < 4.78 is 0. The van der Waals surface area contributed by atoms with Gasteiger partial charge in [-0.25, -0.2) is 4.89 Å². The van der Waals surface area contributed by atoms with Crippen LogP contribution in [0.3, 0.4) is 0 Å². The first-order valence-electron chi connectivity index (χ1n) is 4.72. The van der Waals surface area contributed by atoms with Crippen molar-refractivity contribution in [2.45, 2.75) is 25.4 Å². The summed E-state index contributed by atoms with van der Waals surface area (Å²) in [5, 5.41) is 8.93. The third-order valence-electron chi connectivity index (χ3n) is 2.41. The molecule has 1 atom stereocenters. The van der Waals surface area contributed by atoms with Crippen LogP contribution >= 0.6 is 0 Å². The Bertz CT molecular complexity index is 282. The van der Waals surface area contributed by atoms with E-state index in [4.69, 9.17) is 5.26 Å². The van der Waals surface area contributed by atoms with Gasteiger partial charge in [0.05, 0.1) is 0 Å². The van der Waals surface area contributed by atoms with Crippen molar-refractivity contribution in [2.24, 2.45) is 0 Å². The Morgan fingerprint density at radius 3 is 2.57 bits per heavy atom. The highest BCUT2D eigenvalue weighted by atomic mass is 17.1. The fraction of sp³-hybridized carbons (Fsp3) is 0.333. The standard InChI is InChI=1S/C12H16O2/c1-3-4-10-12(2,14-13)11-8-6-5-7-9-11/h3,5-9,13H,1,4,10H2,2H3/t12-/m0/s1. The van der Waals surface area contributed by atoms with E-state index in [1.165, 1.54) is 0 Å². The molecule has 0 amide bonds. The average Bonchev–Trinajstić information content (AvgIpc) is 2.27. The number of hydrogen-bond acceptors (Lipinski definition) is 2. The molecule has 0 spiro atoms. The van der Waals surface area contributed by atoms with E-state index < -0.39 is 5.60 Å². The first kappa shape index (κ1) is 11.0. The first-order chi connectivity index (χ1) is 6.73. The van der Waals surface area contributed by atoms with Gasteiger partial charge in [0.15, 0.2) is 0 Å². The number of rotatable bonds is 5. The molecule has 0 saturated carbocycles. The smallest absolute Gasteiger partial charge is 0.126 e. The van der Waals surface area contributed by atoms with Crippen LogP contribution in [-0.2, 0) is 10.5 Å². The third kappa shape index (κ3) is 2.44. The highest BCUT2D eigenvalue weighted by molar-refractivity contribution is 5.21. The van der Waals surface area contributed by atoms with Gasteiger partial charge in [0, 0.05) is 0 Å². The van der Waals surface area contributed by atoms with E-state index in [1.54, 1.807) is 0 Å². The lowest BCUT2D eigenvalue weighted by Crippen LogP contribution is -2.24. The monoisotopic (exact) mass is 192 g/mol. The molecule has 0 aliphatic carbocycles. The Hall–Kier alpha value is -1.12. The minimum absolute atomic E-state index is 0.630. The molecular formula is C12H16O2.